The summed E-state index contributed by atoms with van der Waals surface area (Å²) in [6.45, 7) is 11.4. The Hall–Kier alpha value is -1.89. The summed E-state index contributed by atoms with van der Waals surface area (Å²) in [5.74, 6) is 0.577. The van der Waals surface area contributed by atoms with E-state index >= 15 is 0 Å². The number of nitrogens with zero attached hydrogens (tertiary/aromatic N) is 2. The third-order valence-electron chi connectivity index (χ3n) is 3.46. The van der Waals surface area contributed by atoms with E-state index in [1.807, 2.05) is 58.1 Å². The lowest BCUT2D eigenvalue weighted by Crippen LogP contribution is -2.27. The number of carbonyl (C=O) groups is 1. The standard InChI is InChI=1S/C18H27N3O3S/c1-17(2,3)24-16(22)20-13-7-8-15-14(19-12-21(15)11-13)9-10-25(23)18(4,5)6/h7-8,11-12H,9-10H2,1-6H3,(H,20,22). The molecule has 2 aromatic heterocycles. The molecule has 0 spiro atoms. The Labute approximate surface area is 151 Å². The Morgan fingerprint density at radius 2 is 1.92 bits per heavy atom. The number of aromatic nitrogens is 2. The molecule has 0 saturated carbocycles. The van der Waals surface area contributed by atoms with Crippen LogP contribution >= 0.6 is 0 Å². The van der Waals surface area contributed by atoms with E-state index < -0.39 is 22.5 Å². The molecule has 0 aliphatic carbocycles. The first kappa shape index (κ1) is 19.4. The average Bonchev–Trinajstić information content (AvgIpc) is 2.83. The van der Waals surface area contributed by atoms with Crippen LogP contribution < -0.4 is 5.32 Å². The summed E-state index contributed by atoms with van der Waals surface area (Å²) in [4.78, 5) is 16.3. The van der Waals surface area contributed by atoms with Crippen LogP contribution in [0.3, 0.4) is 0 Å². The second kappa shape index (κ2) is 7.15. The van der Waals surface area contributed by atoms with Crippen molar-refractivity contribution in [1.82, 2.24) is 9.38 Å². The minimum absolute atomic E-state index is 0.222. The van der Waals surface area contributed by atoms with E-state index in [4.69, 9.17) is 4.74 Å². The van der Waals surface area contributed by atoms with E-state index in [9.17, 15) is 9.00 Å². The molecule has 0 radical (unpaired) electrons. The number of rotatable bonds is 4. The molecule has 7 heteroatoms. The highest BCUT2D eigenvalue weighted by molar-refractivity contribution is 7.86. The Bertz CT molecular complexity index is 785. The molecule has 1 unspecified atom stereocenters. The number of amides is 1. The topological polar surface area (TPSA) is 72.7 Å². The molecule has 6 nitrogen and oxygen atoms in total. The van der Waals surface area contributed by atoms with E-state index in [-0.39, 0.29) is 4.75 Å². The van der Waals surface area contributed by atoms with Gasteiger partial charge in [0.05, 0.1) is 23.2 Å². The molecule has 0 bridgehead atoms. The first-order chi connectivity index (χ1) is 11.5. The molecule has 1 N–H and O–H groups in total. The molecule has 0 fully saturated rings. The fraction of sp³-hybridized carbons (Fsp3) is 0.556. The second-order valence-electron chi connectivity index (χ2n) is 7.94. The van der Waals surface area contributed by atoms with E-state index in [1.54, 1.807) is 12.5 Å². The Kier molecular flexibility index (Phi) is 5.56. The van der Waals surface area contributed by atoms with E-state index in [0.717, 1.165) is 11.2 Å². The summed E-state index contributed by atoms with van der Waals surface area (Å²) in [5.41, 5.74) is 1.94. The minimum atomic E-state index is -0.910. The van der Waals surface area contributed by atoms with Crippen LogP contribution in [0, 0.1) is 0 Å². The summed E-state index contributed by atoms with van der Waals surface area (Å²) >= 11 is 0. The summed E-state index contributed by atoms with van der Waals surface area (Å²) in [6, 6.07) is 3.71. The minimum Gasteiger partial charge on any atom is -0.444 e. The number of imidazole rings is 1. The SMILES string of the molecule is CC(C)(C)OC(=O)Nc1ccc2c(CCS(=O)C(C)(C)C)ncn2c1. The highest BCUT2D eigenvalue weighted by Crippen LogP contribution is 2.18. The van der Waals surface area contributed by atoms with Crippen LogP contribution in [-0.4, -0.2) is 35.8 Å². The van der Waals surface area contributed by atoms with Gasteiger partial charge in [0.15, 0.2) is 0 Å². The van der Waals surface area contributed by atoms with Crippen molar-refractivity contribution in [1.29, 1.82) is 0 Å². The van der Waals surface area contributed by atoms with Gasteiger partial charge in [0.2, 0.25) is 0 Å². The fourth-order valence-electron chi connectivity index (χ4n) is 2.24. The number of ether oxygens (including phenoxy) is 1. The highest BCUT2D eigenvalue weighted by Gasteiger charge is 2.20. The number of nitrogens with one attached hydrogen (secondary N) is 1. The van der Waals surface area contributed by atoms with Crippen molar-refractivity contribution in [3.63, 3.8) is 0 Å². The van der Waals surface area contributed by atoms with Gasteiger partial charge in [-0.15, -0.1) is 0 Å². The zero-order chi connectivity index (χ0) is 18.8. The van der Waals surface area contributed by atoms with Gasteiger partial charge in [-0.25, -0.2) is 9.78 Å². The first-order valence-corrected chi connectivity index (χ1v) is 9.62. The van der Waals surface area contributed by atoms with Crippen LogP contribution in [-0.2, 0) is 22.0 Å². The molecule has 1 atom stereocenters. The van der Waals surface area contributed by atoms with Gasteiger partial charge in [0, 0.05) is 33.9 Å². The van der Waals surface area contributed by atoms with Crippen LogP contribution in [0.25, 0.3) is 5.52 Å². The summed E-state index contributed by atoms with van der Waals surface area (Å²) < 4.78 is 19.1. The van der Waals surface area contributed by atoms with Gasteiger partial charge in [-0.1, -0.05) is 0 Å². The van der Waals surface area contributed by atoms with Crippen molar-refractivity contribution in [3.8, 4) is 0 Å². The molecule has 2 rings (SSSR count). The lowest BCUT2D eigenvalue weighted by molar-refractivity contribution is 0.0636. The zero-order valence-electron chi connectivity index (χ0n) is 15.8. The smallest absolute Gasteiger partial charge is 0.412 e. The van der Waals surface area contributed by atoms with E-state index in [0.29, 0.717) is 17.9 Å². The number of anilines is 1. The molecule has 2 heterocycles. The van der Waals surface area contributed by atoms with Crippen molar-refractivity contribution < 1.29 is 13.7 Å². The zero-order valence-corrected chi connectivity index (χ0v) is 16.6. The van der Waals surface area contributed by atoms with Crippen molar-refractivity contribution in [2.45, 2.75) is 58.3 Å². The molecular formula is C18H27N3O3S. The van der Waals surface area contributed by atoms with E-state index in [1.165, 1.54) is 0 Å². The van der Waals surface area contributed by atoms with Crippen LogP contribution in [0.5, 0.6) is 0 Å². The van der Waals surface area contributed by atoms with Crippen molar-refractivity contribution in [3.05, 3.63) is 30.4 Å². The number of hydrogen-bond acceptors (Lipinski definition) is 4. The summed E-state index contributed by atoms with van der Waals surface area (Å²) in [5, 5.41) is 2.71. The van der Waals surface area contributed by atoms with Gasteiger partial charge >= 0.3 is 6.09 Å². The molecule has 1 amide bonds. The number of aryl methyl sites for hydroxylation is 1. The Morgan fingerprint density at radius 3 is 2.52 bits per heavy atom. The largest absolute Gasteiger partial charge is 0.444 e. The average molecular weight is 365 g/mol. The van der Waals surface area contributed by atoms with Gasteiger partial charge in [-0.3, -0.25) is 9.53 Å². The maximum Gasteiger partial charge on any atom is 0.412 e. The predicted octanol–water partition coefficient (Wildman–Crippen LogP) is 3.77. The van der Waals surface area contributed by atoms with Crippen molar-refractivity contribution >= 4 is 28.1 Å². The highest BCUT2D eigenvalue weighted by atomic mass is 32.2. The van der Waals surface area contributed by atoms with Crippen LogP contribution in [0.1, 0.15) is 47.2 Å². The number of fused-ring (bicyclic) bond motifs is 1. The van der Waals surface area contributed by atoms with E-state index in [2.05, 4.69) is 10.3 Å². The number of hydrogen-bond donors (Lipinski definition) is 1. The monoisotopic (exact) mass is 365 g/mol. The van der Waals surface area contributed by atoms with Gasteiger partial charge in [0.1, 0.15) is 5.60 Å². The van der Waals surface area contributed by atoms with Crippen LogP contribution in [0.2, 0.25) is 0 Å². The number of carbonyl (C=O) groups excluding carboxylic acids is 1. The number of pyridine rings is 1. The Balaban J connectivity index is 2.08. The third-order valence-corrected chi connectivity index (χ3v) is 5.40. The molecule has 0 aliphatic rings. The third kappa shape index (κ3) is 5.56. The first-order valence-electron chi connectivity index (χ1n) is 8.30. The Morgan fingerprint density at radius 1 is 1.24 bits per heavy atom. The van der Waals surface area contributed by atoms with Gasteiger partial charge in [-0.2, -0.15) is 0 Å². The van der Waals surface area contributed by atoms with Gasteiger partial charge < -0.3 is 9.14 Å². The van der Waals surface area contributed by atoms with Gasteiger partial charge in [-0.05, 0) is 53.7 Å². The predicted molar refractivity (Wildman–Crippen MR) is 102 cm³/mol. The van der Waals surface area contributed by atoms with Crippen LogP contribution in [0.4, 0.5) is 10.5 Å². The van der Waals surface area contributed by atoms with Gasteiger partial charge in [0.25, 0.3) is 0 Å². The second-order valence-corrected chi connectivity index (χ2v) is 10.3. The maximum atomic E-state index is 12.2. The molecular weight excluding hydrogens is 338 g/mol. The maximum absolute atomic E-state index is 12.2. The lowest BCUT2D eigenvalue weighted by atomic mass is 10.2. The molecule has 25 heavy (non-hydrogen) atoms. The molecule has 2 aromatic rings. The normalized spacial score (nSPS) is 13.7. The van der Waals surface area contributed by atoms with Crippen molar-refractivity contribution in [2.75, 3.05) is 11.1 Å². The fourth-order valence-corrected chi connectivity index (χ4v) is 3.23. The van der Waals surface area contributed by atoms with Crippen molar-refractivity contribution in [2.24, 2.45) is 0 Å². The molecule has 0 aliphatic heterocycles. The molecule has 0 saturated heterocycles. The molecule has 138 valence electrons. The van der Waals surface area contributed by atoms with Crippen LogP contribution in [0.15, 0.2) is 24.7 Å². The quantitative estimate of drug-likeness (QED) is 0.895. The molecule has 0 aromatic carbocycles. The summed E-state index contributed by atoms with van der Waals surface area (Å²) in [6.07, 6.45) is 3.65. The lowest BCUT2D eigenvalue weighted by Gasteiger charge is -2.19. The summed E-state index contributed by atoms with van der Waals surface area (Å²) in [7, 11) is -0.910.